The molecule has 0 radical (unpaired) electrons. The maximum absolute atomic E-state index is 5.58. The Kier molecular flexibility index (Phi) is 7.06. The molecule has 1 fully saturated rings. The van der Waals surface area contributed by atoms with Crippen LogP contribution in [0.2, 0.25) is 0 Å². The fraction of sp³-hybridized carbons (Fsp3) is 1.00. The molecule has 0 unspecified atom stereocenters. The third kappa shape index (κ3) is 5.61. The van der Waals surface area contributed by atoms with Crippen molar-refractivity contribution in [1.29, 1.82) is 0 Å². The molecule has 0 aromatic carbocycles. The molecule has 0 N–H and O–H groups in total. The van der Waals surface area contributed by atoms with Gasteiger partial charge in [-0.1, -0.05) is 32.1 Å². The molecule has 2 heteroatoms. The van der Waals surface area contributed by atoms with Crippen LogP contribution in [-0.2, 0) is 9.47 Å². The zero-order valence-corrected chi connectivity index (χ0v) is 9.46. The van der Waals surface area contributed by atoms with E-state index >= 15 is 0 Å². The van der Waals surface area contributed by atoms with Crippen molar-refractivity contribution in [3.05, 3.63) is 0 Å². The van der Waals surface area contributed by atoms with Crippen LogP contribution in [0, 0.1) is 5.92 Å². The Hall–Kier alpha value is -0.0800. The van der Waals surface area contributed by atoms with Crippen LogP contribution in [0.25, 0.3) is 0 Å². The minimum absolute atomic E-state index is 0.729. The third-order valence-electron chi connectivity index (χ3n) is 3.01. The van der Waals surface area contributed by atoms with E-state index < -0.39 is 0 Å². The topological polar surface area (TPSA) is 18.5 Å². The minimum Gasteiger partial charge on any atom is -0.382 e. The first-order valence-corrected chi connectivity index (χ1v) is 6.00. The van der Waals surface area contributed by atoms with Crippen LogP contribution in [0.1, 0.15) is 44.9 Å². The summed E-state index contributed by atoms with van der Waals surface area (Å²) in [5, 5.41) is 0. The van der Waals surface area contributed by atoms with E-state index in [0.29, 0.717) is 0 Å². The first-order chi connectivity index (χ1) is 6.93. The van der Waals surface area contributed by atoms with Crippen LogP contribution in [0.5, 0.6) is 0 Å². The number of hydrogen-bond donors (Lipinski definition) is 0. The van der Waals surface area contributed by atoms with Gasteiger partial charge in [-0.3, -0.25) is 0 Å². The average Bonchev–Trinajstić information content (AvgIpc) is 2.15. The van der Waals surface area contributed by atoms with Crippen LogP contribution in [-0.4, -0.2) is 26.9 Å². The molecule has 0 atom stereocenters. The highest BCUT2D eigenvalue weighted by Gasteiger charge is 2.10. The second kappa shape index (κ2) is 8.25. The van der Waals surface area contributed by atoms with Gasteiger partial charge in [0.15, 0.2) is 0 Å². The molecule has 84 valence electrons. The fourth-order valence-electron chi connectivity index (χ4n) is 2.10. The molecule has 0 spiro atoms. The summed E-state index contributed by atoms with van der Waals surface area (Å²) in [4.78, 5) is 0. The Balaban J connectivity index is 2.02. The van der Waals surface area contributed by atoms with Crippen molar-refractivity contribution in [2.24, 2.45) is 5.92 Å². The molecule has 0 aromatic heterocycles. The standard InChI is InChI=1S/C12H24O2/c1-13-9-10-14-11-12-7-5-3-2-4-6-8-12/h12H,2-11H2,1H3. The molecule has 1 rings (SSSR count). The smallest absolute Gasteiger partial charge is 0.0700 e. The molecular formula is C12H24O2. The van der Waals surface area contributed by atoms with E-state index in [1.807, 2.05) is 0 Å². The van der Waals surface area contributed by atoms with Gasteiger partial charge in [0.1, 0.15) is 0 Å². The van der Waals surface area contributed by atoms with Gasteiger partial charge in [-0.15, -0.1) is 0 Å². The number of rotatable bonds is 5. The van der Waals surface area contributed by atoms with Gasteiger partial charge in [0.25, 0.3) is 0 Å². The molecule has 1 aliphatic carbocycles. The van der Waals surface area contributed by atoms with Gasteiger partial charge in [0, 0.05) is 13.7 Å². The SMILES string of the molecule is COCCOCC1CCCCCCC1. The Morgan fingerprint density at radius 1 is 0.929 bits per heavy atom. The molecule has 1 saturated carbocycles. The van der Waals surface area contributed by atoms with E-state index in [2.05, 4.69) is 0 Å². The average molecular weight is 200 g/mol. The predicted molar refractivity (Wildman–Crippen MR) is 58.5 cm³/mol. The maximum atomic E-state index is 5.58. The van der Waals surface area contributed by atoms with Crippen LogP contribution in [0.3, 0.4) is 0 Å². The van der Waals surface area contributed by atoms with Crippen molar-refractivity contribution >= 4 is 0 Å². The van der Waals surface area contributed by atoms with Crippen molar-refractivity contribution in [2.75, 3.05) is 26.9 Å². The van der Waals surface area contributed by atoms with Crippen LogP contribution >= 0.6 is 0 Å². The quantitative estimate of drug-likeness (QED) is 0.635. The van der Waals surface area contributed by atoms with Crippen molar-refractivity contribution in [1.82, 2.24) is 0 Å². The highest BCUT2D eigenvalue weighted by molar-refractivity contribution is 4.62. The van der Waals surface area contributed by atoms with Gasteiger partial charge in [-0.05, 0) is 18.8 Å². The second-order valence-electron chi connectivity index (χ2n) is 4.28. The lowest BCUT2D eigenvalue weighted by Gasteiger charge is -2.19. The zero-order valence-electron chi connectivity index (χ0n) is 9.46. The van der Waals surface area contributed by atoms with Crippen LogP contribution < -0.4 is 0 Å². The van der Waals surface area contributed by atoms with E-state index in [4.69, 9.17) is 9.47 Å². The highest BCUT2D eigenvalue weighted by atomic mass is 16.5. The summed E-state index contributed by atoms with van der Waals surface area (Å²) in [6.07, 6.45) is 9.83. The molecule has 0 bridgehead atoms. The Morgan fingerprint density at radius 3 is 2.21 bits per heavy atom. The van der Waals surface area contributed by atoms with Crippen molar-refractivity contribution in [2.45, 2.75) is 44.9 Å². The molecular weight excluding hydrogens is 176 g/mol. The molecule has 0 heterocycles. The lowest BCUT2D eigenvalue weighted by atomic mass is 9.92. The fourth-order valence-corrected chi connectivity index (χ4v) is 2.10. The number of methoxy groups -OCH3 is 1. The van der Waals surface area contributed by atoms with Crippen molar-refractivity contribution in [3.63, 3.8) is 0 Å². The van der Waals surface area contributed by atoms with Gasteiger partial charge in [0.05, 0.1) is 13.2 Å². The predicted octanol–water partition coefficient (Wildman–Crippen LogP) is 3.01. The van der Waals surface area contributed by atoms with Gasteiger partial charge < -0.3 is 9.47 Å². The van der Waals surface area contributed by atoms with E-state index in [-0.39, 0.29) is 0 Å². The van der Waals surface area contributed by atoms with Gasteiger partial charge in [-0.2, -0.15) is 0 Å². The lowest BCUT2D eigenvalue weighted by Crippen LogP contribution is -2.13. The van der Waals surface area contributed by atoms with E-state index in [0.717, 1.165) is 25.7 Å². The summed E-state index contributed by atoms with van der Waals surface area (Å²) >= 11 is 0. The van der Waals surface area contributed by atoms with Crippen molar-refractivity contribution in [3.8, 4) is 0 Å². The lowest BCUT2D eigenvalue weighted by molar-refractivity contribution is 0.0461. The summed E-state index contributed by atoms with van der Waals surface area (Å²) in [7, 11) is 1.72. The summed E-state index contributed by atoms with van der Waals surface area (Å²) in [6.45, 7) is 2.43. The van der Waals surface area contributed by atoms with E-state index in [9.17, 15) is 0 Å². The summed E-state index contributed by atoms with van der Waals surface area (Å²) in [5.41, 5.74) is 0. The van der Waals surface area contributed by atoms with E-state index in [1.54, 1.807) is 7.11 Å². The monoisotopic (exact) mass is 200 g/mol. The molecule has 0 saturated heterocycles. The number of ether oxygens (including phenoxy) is 2. The first-order valence-electron chi connectivity index (χ1n) is 6.00. The molecule has 14 heavy (non-hydrogen) atoms. The first kappa shape index (κ1) is 12.0. The molecule has 0 aromatic rings. The molecule has 2 nitrogen and oxygen atoms in total. The molecule has 0 aliphatic heterocycles. The maximum Gasteiger partial charge on any atom is 0.0700 e. The molecule has 0 amide bonds. The normalized spacial score (nSPS) is 20.4. The van der Waals surface area contributed by atoms with Crippen LogP contribution in [0.4, 0.5) is 0 Å². The highest BCUT2D eigenvalue weighted by Crippen LogP contribution is 2.22. The summed E-state index contributed by atoms with van der Waals surface area (Å²) in [6, 6.07) is 0. The molecule has 1 aliphatic rings. The summed E-state index contributed by atoms with van der Waals surface area (Å²) in [5.74, 6) is 0.812. The minimum atomic E-state index is 0.729. The van der Waals surface area contributed by atoms with Crippen LogP contribution in [0.15, 0.2) is 0 Å². The second-order valence-corrected chi connectivity index (χ2v) is 4.28. The summed E-state index contributed by atoms with van der Waals surface area (Å²) < 4.78 is 10.5. The Bertz CT molecular complexity index is 117. The number of hydrogen-bond acceptors (Lipinski definition) is 2. The van der Waals surface area contributed by atoms with Gasteiger partial charge in [-0.25, -0.2) is 0 Å². The Morgan fingerprint density at radius 2 is 1.57 bits per heavy atom. The largest absolute Gasteiger partial charge is 0.382 e. The van der Waals surface area contributed by atoms with Gasteiger partial charge >= 0.3 is 0 Å². The van der Waals surface area contributed by atoms with E-state index in [1.165, 1.54) is 44.9 Å². The zero-order chi connectivity index (χ0) is 10.1. The third-order valence-corrected chi connectivity index (χ3v) is 3.01. The Labute approximate surface area is 88.0 Å². The van der Waals surface area contributed by atoms with Gasteiger partial charge in [0.2, 0.25) is 0 Å². The van der Waals surface area contributed by atoms with Crippen molar-refractivity contribution < 1.29 is 9.47 Å².